The first-order valence-electron chi connectivity index (χ1n) is 6.48. The molecule has 1 aromatic carbocycles. The maximum atomic E-state index is 5.55. The van der Waals surface area contributed by atoms with E-state index in [9.17, 15) is 0 Å². The Balaban J connectivity index is 2.32. The Hall–Kier alpha value is -1.79. The molecule has 1 atom stereocenters. The van der Waals surface area contributed by atoms with Crippen molar-refractivity contribution in [1.82, 2.24) is 5.16 Å². The number of nitrogens with zero attached hydrogens (tertiary/aromatic N) is 1. The first-order chi connectivity index (χ1) is 9.02. The van der Waals surface area contributed by atoms with E-state index in [0.717, 1.165) is 23.4 Å². The van der Waals surface area contributed by atoms with Crippen molar-refractivity contribution in [3.8, 4) is 23.6 Å². The molecule has 0 radical (unpaired) electrons. The summed E-state index contributed by atoms with van der Waals surface area (Å²) in [4.78, 5) is 0. The van der Waals surface area contributed by atoms with Gasteiger partial charge in [0.15, 0.2) is 0 Å². The number of rotatable bonds is 4. The lowest BCUT2D eigenvalue weighted by Gasteiger charge is -2.24. The molecule has 1 unspecified atom stereocenters. The van der Waals surface area contributed by atoms with E-state index in [2.05, 4.69) is 30.7 Å². The maximum absolute atomic E-state index is 5.55. The summed E-state index contributed by atoms with van der Waals surface area (Å²) in [6.07, 6.45) is 6.21. The molecule has 1 heterocycles. The number of benzene rings is 1. The van der Waals surface area contributed by atoms with Crippen LogP contribution in [0.15, 0.2) is 40.9 Å². The fourth-order valence-corrected chi connectivity index (χ4v) is 3.87. The standard InChI is InChI=1S/C16H19NOSi/c1-5-9-16(19(2,3)4)15-12-14(17-18-15)13-10-7-6-8-11-13/h1,6-8,10-12,16H,9H2,2-4H3. The number of aromatic nitrogens is 1. The lowest BCUT2D eigenvalue weighted by molar-refractivity contribution is 0.380. The van der Waals surface area contributed by atoms with Gasteiger partial charge in [0, 0.05) is 23.6 Å². The van der Waals surface area contributed by atoms with E-state index < -0.39 is 8.07 Å². The van der Waals surface area contributed by atoms with E-state index in [0.29, 0.717) is 5.54 Å². The second kappa shape index (κ2) is 5.46. The zero-order valence-corrected chi connectivity index (χ0v) is 12.7. The highest BCUT2D eigenvalue weighted by atomic mass is 28.3. The van der Waals surface area contributed by atoms with Crippen molar-refractivity contribution >= 4 is 8.07 Å². The van der Waals surface area contributed by atoms with Crippen LogP contribution in [0.4, 0.5) is 0 Å². The Bertz CT molecular complexity index is 575. The van der Waals surface area contributed by atoms with Crippen LogP contribution >= 0.6 is 0 Å². The van der Waals surface area contributed by atoms with Gasteiger partial charge in [-0.1, -0.05) is 55.1 Å². The topological polar surface area (TPSA) is 26.0 Å². The minimum atomic E-state index is -1.41. The minimum Gasteiger partial charge on any atom is -0.361 e. The van der Waals surface area contributed by atoms with Gasteiger partial charge >= 0.3 is 0 Å². The quantitative estimate of drug-likeness (QED) is 0.610. The molecule has 2 aromatic rings. The SMILES string of the molecule is C#CCC(c1cc(-c2ccccc2)no1)[Si](C)(C)C. The zero-order valence-electron chi connectivity index (χ0n) is 11.7. The summed E-state index contributed by atoms with van der Waals surface area (Å²) in [6.45, 7) is 6.92. The van der Waals surface area contributed by atoms with Gasteiger partial charge in [0.25, 0.3) is 0 Å². The van der Waals surface area contributed by atoms with Gasteiger partial charge < -0.3 is 4.52 Å². The molecule has 19 heavy (non-hydrogen) atoms. The molecule has 2 rings (SSSR count). The lowest BCUT2D eigenvalue weighted by Crippen LogP contribution is -2.30. The van der Waals surface area contributed by atoms with Crippen LogP contribution in [-0.2, 0) is 0 Å². The van der Waals surface area contributed by atoms with Crippen molar-refractivity contribution in [2.45, 2.75) is 31.6 Å². The molecule has 98 valence electrons. The third-order valence-electron chi connectivity index (χ3n) is 3.31. The second-order valence-corrected chi connectivity index (χ2v) is 11.2. The normalized spacial score (nSPS) is 12.9. The molecule has 0 saturated heterocycles. The molecule has 0 spiro atoms. The van der Waals surface area contributed by atoms with Crippen molar-refractivity contribution < 1.29 is 4.52 Å². The lowest BCUT2D eigenvalue weighted by atomic mass is 10.1. The van der Waals surface area contributed by atoms with Gasteiger partial charge in [-0.05, 0) is 0 Å². The average Bonchev–Trinajstić information content (AvgIpc) is 2.84. The molecule has 0 N–H and O–H groups in total. The molecule has 1 aromatic heterocycles. The van der Waals surface area contributed by atoms with Crippen molar-refractivity contribution in [1.29, 1.82) is 0 Å². The van der Waals surface area contributed by atoms with Gasteiger partial charge in [0.1, 0.15) is 11.5 Å². The first kappa shape index (κ1) is 13.6. The van der Waals surface area contributed by atoms with Gasteiger partial charge in [0.05, 0.1) is 8.07 Å². The summed E-state index contributed by atoms with van der Waals surface area (Å²) in [6, 6.07) is 12.1. The summed E-state index contributed by atoms with van der Waals surface area (Å²) in [5, 5.41) is 4.18. The highest BCUT2D eigenvalue weighted by molar-refractivity contribution is 6.77. The molecule has 0 aliphatic rings. The third kappa shape index (κ3) is 3.15. The molecular weight excluding hydrogens is 250 g/mol. The van der Waals surface area contributed by atoms with Crippen LogP contribution in [-0.4, -0.2) is 13.2 Å². The number of terminal acetylenes is 1. The van der Waals surface area contributed by atoms with E-state index in [4.69, 9.17) is 10.9 Å². The molecule has 0 saturated carbocycles. The highest BCUT2D eigenvalue weighted by Crippen LogP contribution is 2.32. The summed E-state index contributed by atoms with van der Waals surface area (Å²) >= 11 is 0. The number of hydrogen-bond donors (Lipinski definition) is 0. The van der Waals surface area contributed by atoms with Crippen LogP contribution in [0.3, 0.4) is 0 Å². The fourth-order valence-electron chi connectivity index (χ4n) is 2.15. The van der Waals surface area contributed by atoms with E-state index in [1.165, 1.54) is 0 Å². The summed E-state index contributed by atoms with van der Waals surface area (Å²) in [5.41, 5.74) is 2.28. The average molecular weight is 269 g/mol. The Kier molecular flexibility index (Phi) is 3.92. The van der Waals surface area contributed by atoms with Gasteiger partial charge in [-0.2, -0.15) is 0 Å². The second-order valence-electron chi connectivity index (χ2n) is 5.81. The molecule has 0 amide bonds. The Labute approximate surface area is 115 Å². The highest BCUT2D eigenvalue weighted by Gasteiger charge is 2.30. The van der Waals surface area contributed by atoms with E-state index in [1.54, 1.807) is 0 Å². The largest absolute Gasteiger partial charge is 0.361 e. The van der Waals surface area contributed by atoms with Crippen LogP contribution in [0.5, 0.6) is 0 Å². The van der Waals surface area contributed by atoms with E-state index in [-0.39, 0.29) is 0 Å². The minimum absolute atomic E-state index is 0.322. The predicted molar refractivity (Wildman–Crippen MR) is 81.5 cm³/mol. The van der Waals surface area contributed by atoms with Gasteiger partial charge in [-0.15, -0.1) is 12.3 Å². The molecular formula is C16H19NOSi. The van der Waals surface area contributed by atoms with Gasteiger partial charge in [-0.3, -0.25) is 0 Å². The smallest absolute Gasteiger partial charge is 0.138 e. The molecule has 0 bridgehead atoms. The zero-order chi connectivity index (χ0) is 13.9. The fraction of sp³-hybridized carbons (Fsp3) is 0.312. The number of hydrogen-bond acceptors (Lipinski definition) is 2. The monoisotopic (exact) mass is 269 g/mol. The van der Waals surface area contributed by atoms with Crippen molar-refractivity contribution in [2.24, 2.45) is 0 Å². The Morgan fingerprint density at radius 2 is 1.95 bits per heavy atom. The molecule has 2 nitrogen and oxygen atoms in total. The van der Waals surface area contributed by atoms with Crippen molar-refractivity contribution in [3.05, 3.63) is 42.2 Å². The molecule has 0 fully saturated rings. The summed E-state index contributed by atoms with van der Waals surface area (Å²) < 4.78 is 5.55. The van der Waals surface area contributed by atoms with Crippen LogP contribution in [0.2, 0.25) is 19.6 Å². The van der Waals surface area contributed by atoms with Crippen LogP contribution in [0.25, 0.3) is 11.3 Å². The third-order valence-corrected chi connectivity index (χ3v) is 5.89. The van der Waals surface area contributed by atoms with Crippen LogP contribution in [0, 0.1) is 12.3 Å². The van der Waals surface area contributed by atoms with Crippen molar-refractivity contribution in [3.63, 3.8) is 0 Å². The van der Waals surface area contributed by atoms with Crippen LogP contribution < -0.4 is 0 Å². The molecule has 0 aliphatic heterocycles. The summed E-state index contributed by atoms with van der Waals surface area (Å²) in [7, 11) is -1.41. The Morgan fingerprint density at radius 1 is 1.26 bits per heavy atom. The van der Waals surface area contributed by atoms with E-state index >= 15 is 0 Å². The van der Waals surface area contributed by atoms with Gasteiger partial charge in [-0.25, -0.2) is 0 Å². The first-order valence-corrected chi connectivity index (χ1v) is 10.1. The van der Waals surface area contributed by atoms with Crippen LogP contribution in [0.1, 0.15) is 17.7 Å². The predicted octanol–water partition coefficient (Wildman–Crippen LogP) is 4.33. The van der Waals surface area contributed by atoms with E-state index in [1.807, 2.05) is 36.4 Å². The van der Waals surface area contributed by atoms with Gasteiger partial charge in [0.2, 0.25) is 0 Å². The molecule has 0 aliphatic carbocycles. The Morgan fingerprint density at radius 3 is 2.53 bits per heavy atom. The molecule has 3 heteroatoms. The summed E-state index contributed by atoms with van der Waals surface area (Å²) in [5.74, 6) is 3.70. The van der Waals surface area contributed by atoms with Crippen molar-refractivity contribution in [2.75, 3.05) is 0 Å². The maximum Gasteiger partial charge on any atom is 0.138 e.